The van der Waals surface area contributed by atoms with Crippen molar-refractivity contribution in [2.45, 2.75) is 26.8 Å². The Morgan fingerprint density at radius 2 is 2.23 bits per heavy atom. The van der Waals surface area contributed by atoms with Gasteiger partial charge >= 0.3 is 11.6 Å². The van der Waals surface area contributed by atoms with E-state index < -0.39 is 11.6 Å². The smallest absolute Gasteiger partial charge is 0.361 e. The van der Waals surface area contributed by atoms with Crippen LogP contribution in [0.4, 0.5) is 0 Å². The van der Waals surface area contributed by atoms with Crippen LogP contribution in [0.1, 0.15) is 29.4 Å². The van der Waals surface area contributed by atoms with Crippen molar-refractivity contribution in [2.75, 3.05) is 0 Å². The minimum absolute atomic E-state index is 0.0492. The summed E-state index contributed by atoms with van der Waals surface area (Å²) >= 11 is 0. The van der Waals surface area contributed by atoms with Gasteiger partial charge < -0.3 is 9.63 Å². The maximum Gasteiger partial charge on any atom is 0.361 e. The molecule has 5 heteroatoms. The lowest BCUT2D eigenvalue weighted by Crippen LogP contribution is -2.08. The first-order valence-electron chi connectivity index (χ1n) is 4.02. The van der Waals surface area contributed by atoms with Crippen LogP contribution in [0.25, 0.3) is 0 Å². The van der Waals surface area contributed by atoms with Gasteiger partial charge in [0.05, 0.1) is 12.1 Å². The Morgan fingerprint density at radius 1 is 1.62 bits per heavy atom. The molecule has 0 unspecified atom stereocenters. The van der Waals surface area contributed by atoms with Gasteiger partial charge in [-0.1, -0.05) is 6.92 Å². The summed E-state index contributed by atoms with van der Waals surface area (Å²) in [7, 11) is 0. The molecule has 0 aliphatic carbocycles. The van der Waals surface area contributed by atoms with E-state index in [0.29, 0.717) is 6.54 Å². The molecule has 72 valence electrons. The van der Waals surface area contributed by atoms with Crippen molar-refractivity contribution in [2.24, 2.45) is 0 Å². The van der Waals surface area contributed by atoms with Crippen LogP contribution < -0.4 is 5.63 Å². The number of nitrogens with zero attached hydrogens (tertiary/aromatic N) is 1. The van der Waals surface area contributed by atoms with Crippen molar-refractivity contribution in [3.63, 3.8) is 0 Å². The van der Waals surface area contributed by atoms with Gasteiger partial charge in [-0.05, 0) is 13.3 Å². The van der Waals surface area contributed by atoms with E-state index in [-0.39, 0.29) is 11.3 Å². The predicted octanol–water partition coefficient (Wildman–Crippen LogP) is 0.858. The number of carboxylic acids is 1. The highest BCUT2D eigenvalue weighted by atomic mass is 16.5. The van der Waals surface area contributed by atoms with E-state index in [1.807, 2.05) is 6.92 Å². The molecule has 0 bridgehead atoms. The summed E-state index contributed by atoms with van der Waals surface area (Å²) in [5.41, 5.74) is -0.473. The van der Waals surface area contributed by atoms with Gasteiger partial charge in [0.15, 0.2) is 5.69 Å². The number of aromatic carboxylic acids is 1. The van der Waals surface area contributed by atoms with E-state index in [0.717, 1.165) is 11.2 Å². The van der Waals surface area contributed by atoms with E-state index >= 15 is 0 Å². The molecule has 1 aromatic heterocycles. The molecule has 1 N–H and O–H groups in total. The summed E-state index contributed by atoms with van der Waals surface area (Å²) in [4.78, 5) is 21.7. The van der Waals surface area contributed by atoms with Crippen LogP contribution in [0.5, 0.6) is 0 Å². The monoisotopic (exact) mass is 185 g/mol. The topological polar surface area (TPSA) is 72.4 Å². The quantitative estimate of drug-likeness (QED) is 0.757. The molecule has 0 aromatic carbocycles. The third kappa shape index (κ3) is 1.63. The summed E-state index contributed by atoms with van der Waals surface area (Å²) in [6.07, 6.45) is 0.720. The Balaban J connectivity index is 3.27. The molecule has 1 rings (SSSR count). The van der Waals surface area contributed by atoms with E-state index in [9.17, 15) is 9.59 Å². The van der Waals surface area contributed by atoms with Crippen LogP contribution in [0.15, 0.2) is 9.32 Å². The highest BCUT2D eigenvalue weighted by Crippen LogP contribution is 2.05. The van der Waals surface area contributed by atoms with Crippen LogP contribution in [0.3, 0.4) is 0 Å². The molecular weight excluding hydrogens is 174 g/mol. The third-order valence-corrected chi connectivity index (χ3v) is 1.73. The number of hydrogen-bond donors (Lipinski definition) is 1. The second-order valence-electron chi connectivity index (χ2n) is 2.76. The summed E-state index contributed by atoms with van der Waals surface area (Å²) < 4.78 is 5.85. The molecule has 0 spiro atoms. The fourth-order valence-corrected chi connectivity index (χ4v) is 1.13. The predicted molar refractivity (Wildman–Crippen MR) is 45.0 cm³/mol. The Kier molecular flexibility index (Phi) is 2.55. The molecule has 0 atom stereocenters. The van der Waals surface area contributed by atoms with Crippen LogP contribution in [-0.4, -0.2) is 15.8 Å². The van der Waals surface area contributed by atoms with Gasteiger partial charge in [0.25, 0.3) is 0 Å². The largest absolute Gasteiger partial charge is 0.476 e. The zero-order chi connectivity index (χ0) is 10.0. The lowest BCUT2D eigenvalue weighted by Gasteiger charge is -1.99. The molecule has 0 amide bonds. The average molecular weight is 185 g/mol. The van der Waals surface area contributed by atoms with Crippen molar-refractivity contribution in [3.05, 3.63) is 21.7 Å². The minimum atomic E-state index is -1.13. The maximum atomic E-state index is 11.0. The summed E-state index contributed by atoms with van der Waals surface area (Å²) in [6.45, 7) is 3.73. The van der Waals surface area contributed by atoms with Gasteiger partial charge in [-0.25, -0.2) is 9.59 Å². The standard InChI is InChI=1S/C8H11NO4/c1-3-4-9-6(7(10)11)5(2)8(12)13-9/h3-4H2,1-2H3,(H,10,11). The number of rotatable bonds is 3. The van der Waals surface area contributed by atoms with Crippen LogP contribution in [0.2, 0.25) is 0 Å². The van der Waals surface area contributed by atoms with Gasteiger partial charge in [-0.3, -0.25) is 0 Å². The maximum absolute atomic E-state index is 11.0. The summed E-state index contributed by atoms with van der Waals surface area (Å²) in [5.74, 6) is -1.13. The highest BCUT2D eigenvalue weighted by Gasteiger charge is 2.18. The Labute approximate surface area is 74.5 Å². The normalized spacial score (nSPS) is 10.3. The molecule has 5 nitrogen and oxygen atoms in total. The van der Waals surface area contributed by atoms with Gasteiger partial charge in [0.1, 0.15) is 0 Å². The first-order valence-corrected chi connectivity index (χ1v) is 4.02. The SMILES string of the molecule is CCCn1oc(=O)c(C)c1C(=O)O. The highest BCUT2D eigenvalue weighted by molar-refractivity contribution is 5.86. The summed E-state index contributed by atoms with van der Waals surface area (Å²) in [6, 6.07) is 0. The van der Waals surface area contributed by atoms with Gasteiger partial charge in [-0.15, -0.1) is 0 Å². The molecule has 0 aliphatic rings. The lowest BCUT2D eigenvalue weighted by molar-refractivity contribution is 0.0667. The van der Waals surface area contributed by atoms with Crippen molar-refractivity contribution in [3.8, 4) is 0 Å². The van der Waals surface area contributed by atoms with Gasteiger partial charge in [0.2, 0.25) is 0 Å². The number of carbonyl (C=O) groups is 1. The molecule has 1 heterocycles. The fourth-order valence-electron chi connectivity index (χ4n) is 1.13. The van der Waals surface area contributed by atoms with Gasteiger partial charge in [0, 0.05) is 0 Å². The number of carboxylic acid groups (broad SMARTS) is 1. The third-order valence-electron chi connectivity index (χ3n) is 1.73. The molecule has 1 aromatic rings. The zero-order valence-corrected chi connectivity index (χ0v) is 7.53. The number of hydrogen-bond acceptors (Lipinski definition) is 3. The van der Waals surface area contributed by atoms with Crippen molar-refractivity contribution >= 4 is 5.97 Å². The molecule has 0 fully saturated rings. The Hall–Kier alpha value is -1.52. The fraction of sp³-hybridized carbons (Fsp3) is 0.500. The van der Waals surface area contributed by atoms with E-state index in [4.69, 9.17) is 9.63 Å². The summed E-state index contributed by atoms with van der Waals surface area (Å²) in [5, 5.41) is 8.77. The Bertz CT molecular complexity index is 374. The molecule has 0 saturated carbocycles. The zero-order valence-electron chi connectivity index (χ0n) is 7.53. The van der Waals surface area contributed by atoms with Crippen molar-refractivity contribution in [1.29, 1.82) is 0 Å². The second kappa shape index (κ2) is 3.47. The molecule has 0 saturated heterocycles. The number of aromatic nitrogens is 1. The van der Waals surface area contributed by atoms with Crippen LogP contribution >= 0.6 is 0 Å². The molecular formula is C8H11NO4. The number of aryl methyl sites for hydroxylation is 1. The van der Waals surface area contributed by atoms with E-state index in [1.54, 1.807) is 0 Å². The average Bonchev–Trinajstić information content (AvgIpc) is 2.28. The first kappa shape index (κ1) is 9.57. The van der Waals surface area contributed by atoms with Gasteiger partial charge in [-0.2, -0.15) is 4.74 Å². The van der Waals surface area contributed by atoms with E-state index in [2.05, 4.69) is 0 Å². The molecule has 0 aliphatic heterocycles. The van der Waals surface area contributed by atoms with E-state index in [1.165, 1.54) is 6.92 Å². The second-order valence-corrected chi connectivity index (χ2v) is 2.76. The van der Waals surface area contributed by atoms with Crippen LogP contribution in [0, 0.1) is 6.92 Å². The molecule has 13 heavy (non-hydrogen) atoms. The lowest BCUT2D eigenvalue weighted by atomic mass is 10.3. The molecule has 0 radical (unpaired) electrons. The Morgan fingerprint density at radius 3 is 2.69 bits per heavy atom. The first-order chi connectivity index (χ1) is 6.07. The minimum Gasteiger partial charge on any atom is -0.476 e. The van der Waals surface area contributed by atoms with Crippen molar-refractivity contribution in [1.82, 2.24) is 4.74 Å². The van der Waals surface area contributed by atoms with Crippen LogP contribution in [-0.2, 0) is 6.54 Å². The van der Waals surface area contributed by atoms with Crippen molar-refractivity contribution < 1.29 is 14.4 Å².